The molecule has 1 aliphatic heterocycles. The largest absolute Gasteiger partial charge is 0.497 e. The zero-order valence-electron chi connectivity index (χ0n) is 16.7. The first-order valence-corrected chi connectivity index (χ1v) is 9.79. The zero-order chi connectivity index (χ0) is 20.5. The van der Waals surface area contributed by atoms with E-state index in [-0.39, 0.29) is 18.2 Å². The molecule has 2 aromatic carbocycles. The van der Waals surface area contributed by atoms with E-state index in [1.54, 1.807) is 36.3 Å². The molecule has 1 fully saturated rings. The summed E-state index contributed by atoms with van der Waals surface area (Å²) in [5.41, 5.74) is 1.84. The van der Waals surface area contributed by atoms with Crippen LogP contribution in [-0.4, -0.2) is 61.4 Å². The van der Waals surface area contributed by atoms with E-state index in [1.165, 1.54) is 5.56 Å². The minimum atomic E-state index is -0.298. The van der Waals surface area contributed by atoms with Crippen molar-refractivity contribution in [1.82, 2.24) is 9.80 Å². The zero-order valence-corrected chi connectivity index (χ0v) is 16.7. The van der Waals surface area contributed by atoms with Gasteiger partial charge in [0.1, 0.15) is 12.2 Å². The quantitative estimate of drug-likeness (QED) is 0.735. The van der Waals surface area contributed by atoms with Gasteiger partial charge in [-0.3, -0.25) is 14.5 Å². The first-order valence-electron chi connectivity index (χ1n) is 9.79. The molecule has 1 aliphatic rings. The summed E-state index contributed by atoms with van der Waals surface area (Å²) in [6.45, 7) is 3.77. The molecule has 0 saturated carbocycles. The van der Waals surface area contributed by atoms with Crippen LogP contribution >= 0.6 is 0 Å². The fraction of sp³-hybridized carbons (Fsp3) is 0.304. The van der Waals surface area contributed by atoms with Crippen LogP contribution in [0.2, 0.25) is 0 Å². The summed E-state index contributed by atoms with van der Waals surface area (Å²) in [7, 11) is 1.59. The molecule has 2 amide bonds. The normalized spacial score (nSPS) is 14.7. The van der Waals surface area contributed by atoms with Crippen molar-refractivity contribution < 1.29 is 14.3 Å². The lowest BCUT2D eigenvalue weighted by Crippen LogP contribution is -2.49. The minimum Gasteiger partial charge on any atom is -0.497 e. The second-order valence-corrected chi connectivity index (χ2v) is 6.95. The molecule has 3 rings (SSSR count). The van der Waals surface area contributed by atoms with Crippen LogP contribution in [0.4, 0.5) is 5.69 Å². The number of nitrogens with zero attached hydrogens (tertiary/aromatic N) is 2. The maximum atomic E-state index is 12.4. The Morgan fingerprint density at radius 3 is 2.34 bits per heavy atom. The SMILES string of the molecule is COc1ccc(NC(=O)CC(=O)N2CCN(C/C=C/c3ccccc3)CC2)cc1. The summed E-state index contributed by atoms with van der Waals surface area (Å²) >= 11 is 0. The molecule has 1 saturated heterocycles. The number of carbonyl (C=O) groups excluding carboxylic acids is 2. The van der Waals surface area contributed by atoms with E-state index in [0.29, 0.717) is 18.8 Å². The predicted molar refractivity (Wildman–Crippen MR) is 115 cm³/mol. The molecule has 29 heavy (non-hydrogen) atoms. The summed E-state index contributed by atoms with van der Waals surface area (Å²) < 4.78 is 5.09. The van der Waals surface area contributed by atoms with Gasteiger partial charge in [-0.15, -0.1) is 0 Å². The Morgan fingerprint density at radius 1 is 1.00 bits per heavy atom. The van der Waals surface area contributed by atoms with Gasteiger partial charge in [0.25, 0.3) is 0 Å². The average molecular weight is 393 g/mol. The van der Waals surface area contributed by atoms with Crippen molar-refractivity contribution >= 4 is 23.6 Å². The highest BCUT2D eigenvalue weighted by atomic mass is 16.5. The number of piperazine rings is 1. The van der Waals surface area contributed by atoms with Crippen molar-refractivity contribution in [2.24, 2.45) is 0 Å². The number of methoxy groups -OCH3 is 1. The van der Waals surface area contributed by atoms with Crippen molar-refractivity contribution in [3.63, 3.8) is 0 Å². The van der Waals surface area contributed by atoms with Gasteiger partial charge in [-0.25, -0.2) is 0 Å². The highest BCUT2D eigenvalue weighted by Crippen LogP contribution is 2.15. The average Bonchev–Trinajstić information content (AvgIpc) is 2.75. The molecule has 0 atom stereocenters. The van der Waals surface area contributed by atoms with Crippen LogP contribution in [0.25, 0.3) is 6.08 Å². The first kappa shape index (κ1) is 20.6. The van der Waals surface area contributed by atoms with Crippen LogP contribution in [0, 0.1) is 0 Å². The molecule has 1 N–H and O–H groups in total. The van der Waals surface area contributed by atoms with Crippen LogP contribution in [0.1, 0.15) is 12.0 Å². The van der Waals surface area contributed by atoms with Crippen molar-refractivity contribution in [3.05, 3.63) is 66.2 Å². The molecular weight excluding hydrogens is 366 g/mol. The van der Waals surface area contributed by atoms with Gasteiger partial charge >= 0.3 is 0 Å². The Bertz CT molecular complexity index is 826. The van der Waals surface area contributed by atoms with E-state index in [4.69, 9.17) is 4.74 Å². The standard InChI is InChI=1S/C23H27N3O3/c1-29-21-11-9-20(10-12-21)24-22(27)18-23(28)26-16-14-25(15-17-26)13-5-8-19-6-3-2-4-7-19/h2-12H,13-18H2,1H3,(H,24,27)/b8-5+. The van der Waals surface area contributed by atoms with Gasteiger partial charge in [0.15, 0.2) is 0 Å². The number of benzene rings is 2. The molecule has 1 heterocycles. The lowest BCUT2D eigenvalue weighted by atomic mass is 10.2. The highest BCUT2D eigenvalue weighted by molar-refractivity contribution is 6.03. The molecule has 152 valence electrons. The number of rotatable bonds is 7. The Labute approximate surface area is 171 Å². The fourth-order valence-electron chi connectivity index (χ4n) is 3.21. The van der Waals surface area contributed by atoms with Crippen LogP contribution < -0.4 is 10.1 Å². The second-order valence-electron chi connectivity index (χ2n) is 6.95. The number of hydrogen-bond donors (Lipinski definition) is 1. The third-order valence-electron chi connectivity index (χ3n) is 4.88. The third kappa shape index (κ3) is 6.47. The van der Waals surface area contributed by atoms with Crippen LogP contribution in [-0.2, 0) is 9.59 Å². The van der Waals surface area contributed by atoms with E-state index < -0.39 is 0 Å². The lowest BCUT2D eigenvalue weighted by molar-refractivity contribution is -0.136. The van der Waals surface area contributed by atoms with Gasteiger partial charge in [-0.1, -0.05) is 42.5 Å². The predicted octanol–water partition coefficient (Wildman–Crippen LogP) is 2.88. The van der Waals surface area contributed by atoms with Crippen molar-refractivity contribution in [2.45, 2.75) is 6.42 Å². The fourth-order valence-corrected chi connectivity index (χ4v) is 3.21. The molecule has 0 aliphatic carbocycles. The van der Waals surface area contributed by atoms with Crippen LogP contribution in [0.3, 0.4) is 0 Å². The molecular formula is C23H27N3O3. The molecule has 0 spiro atoms. The molecule has 0 unspecified atom stereocenters. The number of carbonyl (C=O) groups is 2. The van der Waals surface area contributed by atoms with Gasteiger partial charge in [-0.05, 0) is 29.8 Å². The van der Waals surface area contributed by atoms with E-state index in [1.807, 2.05) is 18.2 Å². The van der Waals surface area contributed by atoms with Gasteiger partial charge in [0.05, 0.1) is 7.11 Å². The number of hydrogen-bond acceptors (Lipinski definition) is 4. The summed E-state index contributed by atoms with van der Waals surface area (Å²) in [4.78, 5) is 28.6. The van der Waals surface area contributed by atoms with E-state index in [2.05, 4.69) is 34.5 Å². The van der Waals surface area contributed by atoms with Gasteiger partial charge < -0.3 is 15.0 Å². The smallest absolute Gasteiger partial charge is 0.233 e. The Morgan fingerprint density at radius 2 is 1.69 bits per heavy atom. The van der Waals surface area contributed by atoms with Gasteiger partial charge in [0, 0.05) is 38.4 Å². The molecule has 2 aromatic rings. The summed E-state index contributed by atoms with van der Waals surface area (Å²) in [6, 6.07) is 17.2. The maximum absolute atomic E-state index is 12.4. The van der Waals surface area contributed by atoms with Gasteiger partial charge in [-0.2, -0.15) is 0 Å². The highest BCUT2D eigenvalue weighted by Gasteiger charge is 2.22. The number of amides is 2. The topological polar surface area (TPSA) is 61.9 Å². The molecule has 0 bridgehead atoms. The second kappa shape index (κ2) is 10.4. The van der Waals surface area contributed by atoms with Crippen LogP contribution in [0.5, 0.6) is 5.75 Å². The van der Waals surface area contributed by atoms with Crippen molar-refractivity contribution in [1.29, 1.82) is 0 Å². The van der Waals surface area contributed by atoms with Crippen molar-refractivity contribution in [3.8, 4) is 5.75 Å². The van der Waals surface area contributed by atoms with E-state index in [0.717, 1.165) is 25.4 Å². The molecule has 0 aromatic heterocycles. The lowest BCUT2D eigenvalue weighted by Gasteiger charge is -2.34. The number of ether oxygens (including phenoxy) is 1. The summed E-state index contributed by atoms with van der Waals surface area (Å²) in [5.74, 6) is 0.291. The monoisotopic (exact) mass is 393 g/mol. The summed E-state index contributed by atoms with van der Waals surface area (Å²) in [6.07, 6.45) is 4.12. The minimum absolute atomic E-state index is 0.129. The van der Waals surface area contributed by atoms with Gasteiger partial charge in [0.2, 0.25) is 11.8 Å². The number of anilines is 1. The molecule has 6 heteroatoms. The van der Waals surface area contributed by atoms with Crippen molar-refractivity contribution in [2.75, 3.05) is 45.2 Å². The Kier molecular flexibility index (Phi) is 7.41. The molecule has 6 nitrogen and oxygen atoms in total. The summed E-state index contributed by atoms with van der Waals surface area (Å²) in [5, 5.41) is 2.75. The number of nitrogens with one attached hydrogen (secondary N) is 1. The van der Waals surface area contributed by atoms with Crippen LogP contribution in [0.15, 0.2) is 60.7 Å². The van der Waals surface area contributed by atoms with E-state index in [9.17, 15) is 9.59 Å². The molecule has 0 radical (unpaired) electrons. The Balaban J connectivity index is 1.38. The third-order valence-corrected chi connectivity index (χ3v) is 4.88. The Hall–Kier alpha value is -3.12. The van der Waals surface area contributed by atoms with E-state index >= 15 is 0 Å². The maximum Gasteiger partial charge on any atom is 0.233 e. The first-order chi connectivity index (χ1) is 14.1.